The van der Waals surface area contributed by atoms with E-state index in [1.54, 1.807) is 35.5 Å². The zero-order chi connectivity index (χ0) is 26.9. The van der Waals surface area contributed by atoms with Crippen molar-refractivity contribution in [2.24, 2.45) is 0 Å². The number of nitrogens with zero attached hydrogens (tertiary/aromatic N) is 4. The maximum Gasteiger partial charge on any atom is 0.332 e. The van der Waals surface area contributed by atoms with Gasteiger partial charge in [0.1, 0.15) is 27.0 Å². The molecule has 0 radical (unpaired) electrons. The van der Waals surface area contributed by atoms with Crippen molar-refractivity contribution in [3.05, 3.63) is 78.5 Å². The predicted octanol–water partition coefficient (Wildman–Crippen LogP) is 5.07. The number of carbonyl (C=O) groups excluding carboxylic acids is 3. The van der Waals surface area contributed by atoms with Gasteiger partial charge >= 0.3 is 6.03 Å². The number of piperidine rings is 1. The molecule has 2 aliphatic heterocycles. The van der Waals surface area contributed by atoms with E-state index in [-0.39, 0.29) is 17.9 Å². The highest BCUT2D eigenvalue weighted by molar-refractivity contribution is 7.21. The van der Waals surface area contributed by atoms with Crippen LogP contribution in [0.5, 0.6) is 11.5 Å². The lowest BCUT2D eigenvalue weighted by molar-refractivity contribution is -0.127. The average Bonchev–Trinajstić information content (AvgIpc) is 3.33. The quantitative estimate of drug-likeness (QED) is 0.330. The van der Waals surface area contributed by atoms with Crippen molar-refractivity contribution in [1.82, 2.24) is 20.2 Å². The molecule has 0 bridgehead atoms. The molecule has 0 aliphatic carbocycles. The molecule has 39 heavy (non-hydrogen) atoms. The van der Waals surface area contributed by atoms with Crippen molar-refractivity contribution in [2.45, 2.75) is 18.9 Å². The summed E-state index contributed by atoms with van der Waals surface area (Å²) < 4.78 is 5.82. The first-order chi connectivity index (χ1) is 19.0. The van der Waals surface area contributed by atoms with Crippen molar-refractivity contribution in [3.8, 4) is 11.5 Å². The Hall–Kier alpha value is -4.77. The number of carbonyl (C=O) groups is 3. The van der Waals surface area contributed by atoms with E-state index in [4.69, 9.17) is 4.74 Å². The molecule has 1 saturated heterocycles. The minimum Gasteiger partial charge on any atom is -0.456 e. The van der Waals surface area contributed by atoms with Gasteiger partial charge < -0.3 is 20.3 Å². The van der Waals surface area contributed by atoms with Gasteiger partial charge in [-0.05, 0) is 49.2 Å². The molecule has 2 aliphatic rings. The zero-order valence-electron chi connectivity index (χ0n) is 20.8. The number of anilines is 3. The predicted molar refractivity (Wildman–Crippen MR) is 149 cm³/mol. The van der Waals surface area contributed by atoms with E-state index >= 15 is 0 Å². The maximum atomic E-state index is 13.3. The van der Waals surface area contributed by atoms with Gasteiger partial charge in [0, 0.05) is 25.3 Å². The van der Waals surface area contributed by atoms with Crippen molar-refractivity contribution >= 4 is 56.6 Å². The first-order valence-corrected chi connectivity index (χ1v) is 13.3. The highest BCUT2D eigenvalue weighted by Crippen LogP contribution is 2.45. The smallest absolute Gasteiger partial charge is 0.332 e. The first kappa shape index (κ1) is 24.6. The van der Waals surface area contributed by atoms with Crippen LogP contribution in [0.4, 0.5) is 22.0 Å². The van der Waals surface area contributed by atoms with Crippen LogP contribution >= 0.6 is 11.3 Å². The molecule has 1 fully saturated rings. The molecular formula is C28H24N6O4S. The van der Waals surface area contributed by atoms with Crippen LogP contribution in [-0.4, -0.2) is 51.8 Å². The molecule has 5 heterocycles. The van der Waals surface area contributed by atoms with Crippen molar-refractivity contribution < 1.29 is 19.1 Å². The number of aromatic nitrogens is 2. The number of hydrogen-bond acceptors (Lipinski definition) is 7. The summed E-state index contributed by atoms with van der Waals surface area (Å²) in [4.78, 5) is 51.7. The number of benzene rings is 1. The normalized spacial score (nSPS) is 16.5. The van der Waals surface area contributed by atoms with Crippen LogP contribution in [0.3, 0.4) is 0 Å². The van der Waals surface area contributed by atoms with Gasteiger partial charge in [-0.15, -0.1) is 11.3 Å². The van der Waals surface area contributed by atoms with Gasteiger partial charge in [-0.25, -0.2) is 19.7 Å². The third kappa shape index (κ3) is 4.68. The lowest BCUT2D eigenvalue weighted by Crippen LogP contribution is -2.49. The Morgan fingerprint density at radius 3 is 2.74 bits per heavy atom. The Kier molecular flexibility index (Phi) is 6.41. The summed E-state index contributed by atoms with van der Waals surface area (Å²) in [5.41, 5.74) is 1.01. The summed E-state index contributed by atoms with van der Waals surface area (Å²) >= 11 is 1.21. The fraction of sp³-hybridized carbons (Fsp3) is 0.179. The van der Waals surface area contributed by atoms with E-state index in [0.717, 1.165) is 12.8 Å². The number of thiophene rings is 1. The summed E-state index contributed by atoms with van der Waals surface area (Å²) in [5.74, 6) is 1.15. The highest BCUT2D eigenvalue weighted by Gasteiger charge is 2.34. The molecule has 11 heteroatoms. The summed E-state index contributed by atoms with van der Waals surface area (Å²) in [6, 6.07) is 13.9. The summed E-state index contributed by atoms with van der Waals surface area (Å²) in [7, 11) is 0. The number of hydrogen-bond donors (Lipinski definition) is 2. The third-order valence-corrected chi connectivity index (χ3v) is 7.72. The molecule has 2 N–H and O–H groups in total. The molecule has 10 nitrogen and oxygen atoms in total. The number of nitrogens with one attached hydrogen (secondary N) is 2. The summed E-state index contributed by atoms with van der Waals surface area (Å²) in [6.45, 7) is 4.60. The molecule has 1 aromatic carbocycles. The fourth-order valence-electron chi connectivity index (χ4n) is 4.84. The van der Waals surface area contributed by atoms with Gasteiger partial charge in [0.15, 0.2) is 0 Å². The van der Waals surface area contributed by atoms with Crippen LogP contribution in [0.1, 0.15) is 22.5 Å². The number of amides is 4. The van der Waals surface area contributed by atoms with E-state index < -0.39 is 6.03 Å². The van der Waals surface area contributed by atoms with Crippen molar-refractivity contribution in [1.29, 1.82) is 0 Å². The number of urea groups is 1. The Labute approximate surface area is 227 Å². The lowest BCUT2D eigenvalue weighted by Gasteiger charge is -2.32. The zero-order valence-corrected chi connectivity index (χ0v) is 21.6. The van der Waals surface area contributed by atoms with E-state index in [9.17, 15) is 14.4 Å². The topological polar surface area (TPSA) is 117 Å². The van der Waals surface area contributed by atoms with Crippen LogP contribution < -0.4 is 20.3 Å². The lowest BCUT2D eigenvalue weighted by atomic mass is 10.1. The first-order valence-electron chi connectivity index (χ1n) is 12.5. The van der Waals surface area contributed by atoms with Crippen molar-refractivity contribution in [2.75, 3.05) is 23.3 Å². The fourth-order valence-corrected chi connectivity index (χ4v) is 5.86. The number of para-hydroxylation sites is 1. The Morgan fingerprint density at radius 2 is 1.97 bits per heavy atom. The number of pyridine rings is 2. The number of rotatable bonds is 6. The molecule has 0 unspecified atom stereocenters. The summed E-state index contributed by atoms with van der Waals surface area (Å²) in [5, 5.41) is 6.58. The standard InChI is InChI=1S/C28H24N6O4S/c1-2-22(35)33-14-6-7-17(16-33)31-26(36)25-24-23-20(12-13-29-27(23)39-25)34(28(37)32-24)21-11-10-19(15-30-21)38-18-8-4-3-5-9-18/h2-5,8-13,15,17H,1,6-7,14,16H2,(H,31,36)(H,32,37)/t17-/m0/s1. The number of likely N-dealkylation sites (tertiary alicyclic amines) is 1. The Bertz CT molecular complexity index is 1590. The largest absolute Gasteiger partial charge is 0.456 e. The van der Waals surface area contributed by atoms with E-state index in [0.29, 0.717) is 56.9 Å². The van der Waals surface area contributed by atoms with E-state index in [1.165, 1.54) is 22.3 Å². The second kappa shape index (κ2) is 10.2. The van der Waals surface area contributed by atoms with Gasteiger partial charge in [-0.3, -0.25) is 9.59 Å². The minimum absolute atomic E-state index is 0.152. The molecule has 1 atom stereocenters. The van der Waals surface area contributed by atoms with Crippen molar-refractivity contribution in [3.63, 3.8) is 0 Å². The average molecular weight is 541 g/mol. The highest BCUT2D eigenvalue weighted by atomic mass is 32.1. The summed E-state index contributed by atoms with van der Waals surface area (Å²) in [6.07, 6.45) is 5.99. The monoisotopic (exact) mass is 540 g/mol. The Morgan fingerprint density at radius 1 is 1.13 bits per heavy atom. The molecule has 196 valence electrons. The van der Waals surface area contributed by atoms with Crippen LogP contribution in [-0.2, 0) is 4.79 Å². The van der Waals surface area contributed by atoms with E-state index in [1.807, 2.05) is 30.3 Å². The van der Waals surface area contributed by atoms with Crippen LogP contribution in [0.2, 0.25) is 0 Å². The molecule has 3 aromatic heterocycles. The molecule has 0 spiro atoms. The van der Waals surface area contributed by atoms with Gasteiger partial charge in [0.05, 0.1) is 23.0 Å². The van der Waals surface area contributed by atoms with Gasteiger partial charge in [0.25, 0.3) is 5.91 Å². The molecule has 0 saturated carbocycles. The second-order valence-electron chi connectivity index (χ2n) is 9.15. The third-order valence-electron chi connectivity index (χ3n) is 6.62. The number of ether oxygens (including phenoxy) is 1. The molecule has 4 aromatic rings. The van der Waals surface area contributed by atoms with Gasteiger partial charge in [-0.1, -0.05) is 24.8 Å². The molecule has 4 amide bonds. The van der Waals surface area contributed by atoms with Crippen LogP contribution in [0, 0.1) is 0 Å². The van der Waals surface area contributed by atoms with Crippen LogP contribution in [0.25, 0.3) is 10.2 Å². The molecular weight excluding hydrogens is 516 g/mol. The SMILES string of the molecule is C=CC(=O)N1CCC[C@H](NC(=O)c2sc3nccc4c3c2NC(=O)N4c2ccc(Oc3ccccc3)cn2)C1. The molecule has 6 rings (SSSR count). The minimum atomic E-state index is -0.438. The van der Waals surface area contributed by atoms with Crippen LogP contribution in [0.15, 0.2) is 73.6 Å². The second-order valence-corrected chi connectivity index (χ2v) is 10.1. The van der Waals surface area contributed by atoms with Gasteiger partial charge in [-0.2, -0.15) is 0 Å². The van der Waals surface area contributed by atoms with E-state index in [2.05, 4.69) is 27.2 Å². The van der Waals surface area contributed by atoms with Gasteiger partial charge in [0.2, 0.25) is 5.91 Å². The Balaban J connectivity index is 1.27. The maximum absolute atomic E-state index is 13.3.